The molecular formula is C48H76O6. The minimum absolute atomic E-state index is 0.109. The number of esters is 3. The first-order chi connectivity index (χ1) is 26.5. The van der Waals surface area contributed by atoms with Crippen LogP contribution in [0.3, 0.4) is 0 Å². The van der Waals surface area contributed by atoms with E-state index in [0.29, 0.717) is 12.8 Å². The van der Waals surface area contributed by atoms with Crippen LogP contribution in [0.25, 0.3) is 0 Å². The van der Waals surface area contributed by atoms with Gasteiger partial charge in [0.2, 0.25) is 0 Å². The Hall–Kier alpha value is -3.67. The van der Waals surface area contributed by atoms with Gasteiger partial charge in [-0.1, -0.05) is 195 Å². The van der Waals surface area contributed by atoms with Crippen molar-refractivity contribution < 1.29 is 28.6 Å². The number of allylic oxidation sites excluding steroid dienone is 16. The highest BCUT2D eigenvalue weighted by Crippen LogP contribution is 2.13. The lowest BCUT2D eigenvalue weighted by molar-refractivity contribution is -0.167. The van der Waals surface area contributed by atoms with E-state index in [1.807, 2.05) is 60.8 Å². The predicted octanol–water partition coefficient (Wildman–Crippen LogP) is 13.5. The molecule has 0 radical (unpaired) electrons. The molecule has 0 aromatic carbocycles. The van der Waals surface area contributed by atoms with Gasteiger partial charge in [-0.05, 0) is 51.4 Å². The van der Waals surface area contributed by atoms with Crippen molar-refractivity contribution in [2.75, 3.05) is 13.2 Å². The van der Waals surface area contributed by atoms with Crippen LogP contribution < -0.4 is 0 Å². The standard InChI is InChI=1S/C48H76O6/c1-4-7-10-13-16-19-22-24-26-29-32-35-38-41-47(50)53-44-45(43-52-46(49)40-37-34-31-28-21-18-15-12-9-6-3)54-48(51)42-39-36-33-30-27-25-23-20-17-14-11-8-5-2/h7-8,10-11,13-14,16-17,19-20,22-24,26,29,32,45H,4-6,9,12,15,18,21,25,27-28,30-31,33-44H2,1-3H3/b10-7-,11-8-,16-13-,17-14-,22-19-,23-20-,26-24-,32-29-. The van der Waals surface area contributed by atoms with Crippen LogP contribution in [-0.2, 0) is 28.6 Å². The van der Waals surface area contributed by atoms with E-state index in [1.54, 1.807) is 0 Å². The van der Waals surface area contributed by atoms with Gasteiger partial charge in [-0.3, -0.25) is 14.4 Å². The summed E-state index contributed by atoms with van der Waals surface area (Å²) < 4.78 is 16.6. The molecule has 0 heterocycles. The molecule has 0 aromatic heterocycles. The summed E-state index contributed by atoms with van der Waals surface area (Å²) in [4.78, 5) is 37.6. The van der Waals surface area contributed by atoms with E-state index in [0.717, 1.165) is 77.0 Å². The third-order valence-corrected chi connectivity index (χ3v) is 8.52. The Labute approximate surface area is 330 Å². The fraction of sp³-hybridized carbons (Fsp3) is 0.604. The first-order valence-electron chi connectivity index (χ1n) is 21.3. The monoisotopic (exact) mass is 749 g/mol. The fourth-order valence-electron chi connectivity index (χ4n) is 5.35. The summed E-state index contributed by atoms with van der Waals surface area (Å²) in [7, 11) is 0. The average Bonchev–Trinajstić information content (AvgIpc) is 3.17. The zero-order valence-corrected chi connectivity index (χ0v) is 34.4. The van der Waals surface area contributed by atoms with Gasteiger partial charge in [0.1, 0.15) is 13.2 Å². The van der Waals surface area contributed by atoms with Gasteiger partial charge in [0, 0.05) is 19.3 Å². The van der Waals surface area contributed by atoms with Crippen molar-refractivity contribution in [3.05, 3.63) is 97.2 Å². The molecule has 1 unspecified atom stereocenters. The first-order valence-corrected chi connectivity index (χ1v) is 21.3. The average molecular weight is 749 g/mol. The highest BCUT2D eigenvalue weighted by molar-refractivity contribution is 5.71. The largest absolute Gasteiger partial charge is 0.462 e. The van der Waals surface area contributed by atoms with Gasteiger partial charge in [-0.2, -0.15) is 0 Å². The molecule has 0 bridgehead atoms. The third kappa shape index (κ3) is 39.5. The van der Waals surface area contributed by atoms with Gasteiger partial charge in [0.05, 0.1) is 0 Å². The molecular weight excluding hydrogens is 673 g/mol. The fourth-order valence-corrected chi connectivity index (χ4v) is 5.35. The van der Waals surface area contributed by atoms with Crippen LogP contribution in [0.15, 0.2) is 97.2 Å². The van der Waals surface area contributed by atoms with Gasteiger partial charge in [0.25, 0.3) is 0 Å². The molecule has 304 valence electrons. The van der Waals surface area contributed by atoms with E-state index in [2.05, 4.69) is 57.2 Å². The molecule has 0 amide bonds. The van der Waals surface area contributed by atoms with E-state index >= 15 is 0 Å². The van der Waals surface area contributed by atoms with Crippen molar-refractivity contribution in [3.63, 3.8) is 0 Å². The molecule has 0 N–H and O–H groups in total. The van der Waals surface area contributed by atoms with Gasteiger partial charge in [-0.15, -0.1) is 0 Å². The Kier molecular flexibility index (Phi) is 39.2. The van der Waals surface area contributed by atoms with Gasteiger partial charge in [0.15, 0.2) is 6.10 Å². The summed E-state index contributed by atoms with van der Waals surface area (Å²) in [6, 6.07) is 0. The van der Waals surface area contributed by atoms with Crippen molar-refractivity contribution in [1.29, 1.82) is 0 Å². The van der Waals surface area contributed by atoms with E-state index in [9.17, 15) is 14.4 Å². The SMILES string of the molecule is CC\C=C/C=C\C=C/C=C\C=C/CCCC(=O)OCC(COC(=O)CCCCCCCCCCCC)OC(=O)CCCCCCC\C=C/C=C\C=C/CC. The summed E-state index contributed by atoms with van der Waals surface area (Å²) in [6.07, 6.45) is 54.0. The predicted molar refractivity (Wildman–Crippen MR) is 228 cm³/mol. The molecule has 0 saturated heterocycles. The maximum atomic E-state index is 12.7. The maximum Gasteiger partial charge on any atom is 0.306 e. The second-order valence-electron chi connectivity index (χ2n) is 13.7. The van der Waals surface area contributed by atoms with Crippen molar-refractivity contribution >= 4 is 17.9 Å². The quantitative estimate of drug-likeness (QED) is 0.0275. The molecule has 6 nitrogen and oxygen atoms in total. The Balaban J connectivity index is 4.56. The summed E-state index contributed by atoms with van der Waals surface area (Å²) in [5.74, 6) is -1.02. The molecule has 0 saturated carbocycles. The maximum absolute atomic E-state index is 12.7. The lowest BCUT2D eigenvalue weighted by Gasteiger charge is -2.18. The van der Waals surface area contributed by atoms with Gasteiger partial charge < -0.3 is 14.2 Å². The molecule has 0 aliphatic carbocycles. The van der Waals surface area contributed by atoms with E-state index < -0.39 is 6.10 Å². The molecule has 0 spiro atoms. The first kappa shape index (κ1) is 50.3. The number of rotatable bonds is 36. The summed E-state index contributed by atoms with van der Waals surface area (Å²) in [6.45, 7) is 6.23. The topological polar surface area (TPSA) is 78.9 Å². The number of hydrogen-bond donors (Lipinski definition) is 0. The number of ether oxygens (including phenoxy) is 3. The van der Waals surface area contributed by atoms with Crippen LogP contribution in [-0.4, -0.2) is 37.2 Å². The van der Waals surface area contributed by atoms with Crippen LogP contribution in [0, 0.1) is 0 Å². The van der Waals surface area contributed by atoms with Crippen LogP contribution in [0.2, 0.25) is 0 Å². The summed E-state index contributed by atoms with van der Waals surface area (Å²) in [5.41, 5.74) is 0. The molecule has 0 aliphatic heterocycles. The molecule has 54 heavy (non-hydrogen) atoms. The van der Waals surface area contributed by atoms with Crippen LogP contribution >= 0.6 is 0 Å². The normalized spacial score (nSPS) is 13.0. The second kappa shape index (κ2) is 42.1. The molecule has 0 rings (SSSR count). The van der Waals surface area contributed by atoms with Gasteiger partial charge in [-0.25, -0.2) is 0 Å². The van der Waals surface area contributed by atoms with Crippen LogP contribution in [0.5, 0.6) is 0 Å². The second-order valence-corrected chi connectivity index (χ2v) is 13.7. The van der Waals surface area contributed by atoms with Gasteiger partial charge >= 0.3 is 17.9 Å². The molecule has 0 fully saturated rings. The molecule has 1 atom stereocenters. The number of carbonyl (C=O) groups is 3. The summed E-state index contributed by atoms with van der Waals surface area (Å²) in [5, 5.41) is 0. The Morgan fingerprint density at radius 1 is 0.389 bits per heavy atom. The Morgan fingerprint density at radius 3 is 1.20 bits per heavy atom. The number of carbonyl (C=O) groups excluding carboxylic acids is 3. The highest BCUT2D eigenvalue weighted by atomic mass is 16.6. The lowest BCUT2D eigenvalue weighted by Crippen LogP contribution is -2.30. The number of hydrogen-bond acceptors (Lipinski definition) is 6. The van der Waals surface area contributed by atoms with Crippen molar-refractivity contribution in [1.82, 2.24) is 0 Å². The van der Waals surface area contributed by atoms with E-state index in [-0.39, 0.29) is 44.0 Å². The minimum atomic E-state index is -0.813. The van der Waals surface area contributed by atoms with E-state index in [4.69, 9.17) is 14.2 Å². The highest BCUT2D eigenvalue weighted by Gasteiger charge is 2.19. The third-order valence-electron chi connectivity index (χ3n) is 8.52. The molecule has 0 aliphatic rings. The van der Waals surface area contributed by atoms with E-state index in [1.165, 1.54) is 44.9 Å². The Morgan fingerprint density at radius 2 is 0.741 bits per heavy atom. The minimum Gasteiger partial charge on any atom is -0.462 e. The lowest BCUT2D eigenvalue weighted by atomic mass is 10.1. The Bertz CT molecular complexity index is 1140. The zero-order valence-electron chi connectivity index (χ0n) is 34.4. The summed E-state index contributed by atoms with van der Waals surface area (Å²) >= 11 is 0. The van der Waals surface area contributed by atoms with Crippen molar-refractivity contribution in [2.45, 2.75) is 175 Å². The number of unbranched alkanes of at least 4 members (excludes halogenated alkanes) is 15. The smallest absolute Gasteiger partial charge is 0.306 e. The van der Waals surface area contributed by atoms with Crippen molar-refractivity contribution in [2.24, 2.45) is 0 Å². The zero-order chi connectivity index (χ0) is 39.4. The van der Waals surface area contributed by atoms with Crippen molar-refractivity contribution in [3.8, 4) is 0 Å². The molecule has 6 heteroatoms. The van der Waals surface area contributed by atoms with Crippen LogP contribution in [0.4, 0.5) is 0 Å². The molecule has 0 aromatic rings. The van der Waals surface area contributed by atoms with Crippen LogP contribution in [0.1, 0.15) is 168 Å².